The molecule has 6 heteroatoms. The summed E-state index contributed by atoms with van der Waals surface area (Å²) in [6.07, 6.45) is 4.17. The maximum Gasteiger partial charge on any atom is 0.238 e. The lowest BCUT2D eigenvalue weighted by Crippen LogP contribution is -2.15. The van der Waals surface area contributed by atoms with Crippen molar-refractivity contribution in [2.45, 2.75) is 19.3 Å². The van der Waals surface area contributed by atoms with Crippen LogP contribution < -0.4 is 0 Å². The zero-order valence-electron chi connectivity index (χ0n) is 30.4. The molecule has 6 aromatic carbocycles. The minimum atomic E-state index is -0.206. The van der Waals surface area contributed by atoms with E-state index in [1.54, 1.807) is 11.3 Å². The molecule has 3 heterocycles. The zero-order valence-corrected chi connectivity index (χ0v) is 31.3. The van der Waals surface area contributed by atoms with Gasteiger partial charge in [0.05, 0.1) is 16.5 Å². The molecule has 0 amide bonds. The van der Waals surface area contributed by atoms with Crippen LogP contribution in [0.3, 0.4) is 0 Å². The van der Waals surface area contributed by atoms with Gasteiger partial charge in [0.25, 0.3) is 0 Å². The summed E-state index contributed by atoms with van der Waals surface area (Å²) in [4.78, 5) is 20.7. The van der Waals surface area contributed by atoms with Gasteiger partial charge in [0, 0.05) is 38.4 Å². The Balaban J connectivity index is 1.18. The summed E-state index contributed by atoms with van der Waals surface area (Å²) >= 11 is 1.65. The molecule has 10 rings (SSSR count). The second-order valence-corrected chi connectivity index (χ2v) is 15.4. The Morgan fingerprint density at radius 1 is 0.582 bits per heavy atom. The van der Waals surface area contributed by atoms with Crippen molar-refractivity contribution in [2.75, 3.05) is 0 Å². The SMILES string of the molecule is C=C1/C(=C\c2cncs2)C(C)(C)c2cc(-c3ccc4c(c3)c3cc(-c5ccccc5)ccc3n4-c3nc(-c4ccccc4)nc(-c4ccccc4)n3)ccc21. The molecule has 0 fully saturated rings. The zero-order chi connectivity index (χ0) is 37.1. The van der Waals surface area contributed by atoms with Gasteiger partial charge in [0.2, 0.25) is 5.95 Å². The average Bonchev–Trinajstić information content (AvgIpc) is 3.93. The number of rotatable bonds is 6. The van der Waals surface area contributed by atoms with Crippen molar-refractivity contribution in [3.05, 3.63) is 185 Å². The molecular formula is C49H35N5S. The summed E-state index contributed by atoms with van der Waals surface area (Å²) in [5.41, 5.74) is 15.0. The molecule has 0 saturated carbocycles. The average molecular weight is 726 g/mol. The van der Waals surface area contributed by atoms with Gasteiger partial charge in [-0.25, -0.2) is 4.98 Å². The molecule has 1 aliphatic rings. The first-order valence-electron chi connectivity index (χ1n) is 18.4. The first-order chi connectivity index (χ1) is 26.9. The van der Waals surface area contributed by atoms with Crippen LogP contribution in [0.5, 0.6) is 0 Å². The van der Waals surface area contributed by atoms with Gasteiger partial charge in [0.15, 0.2) is 11.6 Å². The summed E-state index contributed by atoms with van der Waals surface area (Å²) in [6, 6.07) is 51.1. The Labute approximate surface area is 323 Å². The maximum atomic E-state index is 5.15. The van der Waals surface area contributed by atoms with E-state index in [0.717, 1.165) is 54.5 Å². The van der Waals surface area contributed by atoms with E-state index in [2.05, 4.69) is 121 Å². The van der Waals surface area contributed by atoms with Gasteiger partial charge in [-0.3, -0.25) is 9.55 Å². The molecule has 0 aliphatic heterocycles. The Kier molecular flexibility index (Phi) is 7.75. The van der Waals surface area contributed by atoms with Crippen molar-refractivity contribution in [1.82, 2.24) is 24.5 Å². The van der Waals surface area contributed by atoms with Gasteiger partial charge in [-0.15, -0.1) is 11.3 Å². The molecule has 0 spiro atoms. The van der Waals surface area contributed by atoms with Crippen molar-refractivity contribution in [1.29, 1.82) is 0 Å². The molecule has 0 radical (unpaired) electrons. The number of hydrogen-bond donors (Lipinski definition) is 0. The van der Waals surface area contributed by atoms with Crippen molar-refractivity contribution >= 4 is 44.8 Å². The highest BCUT2D eigenvalue weighted by Crippen LogP contribution is 2.51. The van der Waals surface area contributed by atoms with E-state index < -0.39 is 0 Å². The highest BCUT2D eigenvalue weighted by molar-refractivity contribution is 7.10. The smallest absolute Gasteiger partial charge is 0.238 e. The van der Waals surface area contributed by atoms with Crippen LogP contribution in [0, 0.1) is 0 Å². The van der Waals surface area contributed by atoms with Gasteiger partial charge in [0.1, 0.15) is 0 Å². The summed E-state index contributed by atoms with van der Waals surface area (Å²) in [6.45, 7) is 9.14. The third kappa shape index (κ3) is 5.61. The molecule has 262 valence electrons. The van der Waals surface area contributed by atoms with Crippen LogP contribution in [0.4, 0.5) is 0 Å². The van der Waals surface area contributed by atoms with Crippen molar-refractivity contribution < 1.29 is 0 Å². The Hall–Kier alpha value is -6.76. The predicted octanol–water partition coefficient (Wildman–Crippen LogP) is 12.5. The minimum Gasteiger partial charge on any atom is -0.278 e. The van der Waals surface area contributed by atoms with E-state index in [0.29, 0.717) is 17.6 Å². The molecule has 5 nitrogen and oxygen atoms in total. The lowest BCUT2D eigenvalue weighted by molar-refractivity contribution is 0.665. The lowest BCUT2D eigenvalue weighted by atomic mass is 9.81. The van der Waals surface area contributed by atoms with Crippen LogP contribution in [-0.4, -0.2) is 24.5 Å². The molecule has 9 aromatic rings. The fourth-order valence-corrected chi connectivity index (χ4v) is 8.56. The summed E-state index contributed by atoms with van der Waals surface area (Å²) < 4.78 is 2.19. The van der Waals surface area contributed by atoms with Crippen molar-refractivity contribution in [2.24, 2.45) is 0 Å². The third-order valence-corrected chi connectivity index (χ3v) is 11.6. The van der Waals surface area contributed by atoms with E-state index >= 15 is 0 Å². The summed E-state index contributed by atoms with van der Waals surface area (Å²) in [5.74, 6) is 1.83. The Morgan fingerprint density at radius 3 is 1.67 bits per heavy atom. The standard InChI is InChI=1S/C49H35N5S/c1-31-39-22-19-37(27-43(39)49(2,3)42(31)28-38-29-50-30-55-38)36-21-24-45-41(26-36)40-25-35(32-13-7-4-8-14-32)20-23-44(40)54(45)48-52-46(33-15-9-5-10-16-33)51-47(53-48)34-17-11-6-12-18-34/h4-30H,1H2,2-3H3/b42-28+. The summed E-state index contributed by atoms with van der Waals surface area (Å²) in [5, 5.41) is 2.26. The predicted molar refractivity (Wildman–Crippen MR) is 228 cm³/mol. The number of nitrogens with zero attached hydrogens (tertiary/aromatic N) is 5. The topological polar surface area (TPSA) is 56.5 Å². The first kappa shape index (κ1) is 32.9. The van der Waals surface area contributed by atoms with Crippen LogP contribution in [0.1, 0.15) is 29.9 Å². The molecule has 0 N–H and O–H groups in total. The number of fused-ring (bicyclic) bond motifs is 4. The van der Waals surface area contributed by atoms with Gasteiger partial charge in [-0.05, 0) is 80.9 Å². The number of benzene rings is 6. The highest BCUT2D eigenvalue weighted by atomic mass is 32.1. The molecule has 0 atom stereocenters. The second kappa shape index (κ2) is 13.0. The quantitative estimate of drug-likeness (QED) is 0.171. The van der Waals surface area contributed by atoms with Crippen molar-refractivity contribution in [3.8, 4) is 51.0 Å². The number of thiazole rings is 1. The van der Waals surface area contributed by atoms with Crippen LogP contribution >= 0.6 is 11.3 Å². The van der Waals surface area contributed by atoms with Gasteiger partial charge >= 0.3 is 0 Å². The first-order valence-corrected chi connectivity index (χ1v) is 19.3. The maximum absolute atomic E-state index is 5.15. The third-order valence-electron chi connectivity index (χ3n) is 10.8. The van der Waals surface area contributed by atoms with E-state index in [-0.39, 0.29) is 5.41 Å². The molecular weight excluding hydrogens is 691 g/mol. The number of hydrogen-bond acceptors (Lipinski definition) is 5. The van der Waals surface area contributed by atoms with Crippen LogP contribution in [0.25, 0.3) is 84.4 Å². The molecule has 1 aliphatic carbocycles. The van der Waals surface area contributed by atoms with Crippen molar-refractivity contribution in [3.63, 3.8) is 0 Å². The number of allylic oxidation sites excluding steroid dienone is 2. The number of aromatic nitrogens is 5. The van der Waals surface area contributed by atoms with Crippen LogP contribution in [-0.2, 0) is 5.41 Å². The van der Waals surface area contributed by atoms with Gasteiger partial charge < -0.3 is 0 Å². The minimum absolute atomic E-state index is 0.206. The van der Waals surface area contributed by atoms with Crippen LogP contribution in [0.15, 0.2) is 169 Å². The highest BCUT2D eigenvalue weighted by Gasteiger charge is 2.37. The monoisotopic (exact) mass is 725 g/mol. The molecule has 55 heavy (non-hydrogen) atoms. The van der Waals surface area contributed by atoms with E-state index in [1.165, 1.54) is 27.8 Å². The fraction of sp³-hybridized carbons (Fsp3) is 0.0612. The second-order valence-electron chi connectivity index (χ2n) is 14.5. The van der Waals surface area contributed by atoms with E-state index in [4.69, 9.17) is 15.0 Å². The largest absolute Gasteiger partial charge is 0.278 e. The fourth-order valence-electron chi connectivity index (χ4n) is 8.00. The van der Waals surface area contributed by atoms with Gasteiger partial charge in [-0.1, -0.05) is 136 Å². The van der Waals surface area contributed by atoms with Crippen LogP contribution in [0.2, 0.25) is 0 Å². The molecule has 3 aromatic heterocycles. The normalized spacial score (nSPS) is 14.2. The van der Waals surface area contributed by atoms with E-state index in [1.807, 2.05) is 72.4 Å². The van der Waals surface area contributed by atoms with E-state index in [9.17, 15) is 0 Å². The molecule has 0 saturated heterocycles. The molecule has 0 bridgehead atoms. The Morgan fingerprint density at radius 2 is 1.11 bits per heavy atom. The molecule has 0 unspecified atom stereocenters. The lowest BCUT2D eigenvalue weighted by Gasteiger charge is -2.22. The summed E-state index contributed by atoms with van der Waals surface area (Å²) in [7, 11) is 0. The Bertz CT molecular complexity index is 2890. The van der Waals surface area contributed by atoms with Gasteiger partial charge in [-0.2, -0.15) is 9.97 Å².